The Hall–Kier alpha value is -2.49. The van der Waals surface area contributed by atoms with E-state index < -0.39 is 0 Å². The minimum Gasteiger partial charge on any atom is -0.497 e. The van der Waals surface area contributed by atoms with Crippen LogP contribution in [0.2, 0.25) is 0 Å². The smallest absolute Gasteiger partial charge is 0.193 e. The molecule has 0 amide bonds. The maximum Gasteiger partial charge on any atom is 0.193 e. The Labute approximate surface area is 142 Å². The zero-order valence-corrected chi connectivity index (χ0v) is 14.1. The molecule has 1 fully saturated rings. The van der Waals surface area contributed by atoms with E-state index in [0.717, 1.165) is 12.8 Å². The first-order chi connectivity index (χ1) is 11.7. The number of benzene rings is 2. The molecule has 1 aliphatic carbocycles. The van der Waals surface area contributed by atoms with Crippen molar-refractivity contribution >= 4 is 5.78 Å². The molecule has 126 valence electrons. The lowest BCUT2D eigenvalue weighted by molar-refractivity contribution is 0.103. The third-order valence-corrected chi connectivity index (χ3v) is 4.35. The zero-order valence-electron chi connectivity index (χ0n) is 14.1. The molecule has 2 aromatic carbocycles. The molecule has 0 aliphatic heterocycles. The van der Waals surface area contributed by atoms with E-state index in [0.29, 0.717) is 28.4 Å². The minimum atomic E-state index is -0.0622. The van der Waals surface area contributed by atoms with Crippen LogP contribution in [0.5, 0.6) is 17.2 Å². The summed E-state index contributed by atoms with van der Waals surface area (Å²) in [7, 11) is 3.20. The van der Waals surface area contributed by atoms with Crippen LogP contribution in [-0.2, 0) is 0 Å². The van der Waals surface area contributed by atoms with Crippen LogP contribution in [0.25, 0.3) is 0 Å². The zero-order chi connectivity index (χ0) is 16.9. The highest BCUT2D eigenvalue weighted by Crippen LogP contribution is 2.33. The largest absolute Gasteiger partial charge is 0.497 e. The second kappa shape index (κ2) is 7.39. The molecule has 0 spiro atoms. The fraction of sp³-hybridized carbons (Fsp3) is 0.350. The van der Waals surface area contributed by atoms with Gasteiger partial charge in [0, 0.05) is 11.1 Å². The average Bonchev–Trinajstić information content (AvgIpc) is 3.14. The van der Waals surface area contributed by atoms with Crippen molar-refractivity contribution in [3.8, 4) is 17.2 Å². The molecule has 1 saturated carbocycles. The van der Waals surface area contributed by atoms with Gasteiger partial charge in [0.1, 0.15) is 5.75 Å². The van der Waals surface area contributed by atoms with Gasteiger partial charge < -0.3 is 14.2 Å². The summed E-state index contributed by atoms with van der Waals surface area (Å²) in [5, 5.41) is 0. The Morgan fingerprint density at radius 2 is 1.67 bits per heavy atom. The Bertz CT molecular complexity index is 717. The van der Waals surface area contributed by atoms with Gasteiger partial charge in [-0.15, -0.1) is 0 Å². The summed E-state index contributed by atoms with van der Waals surface area (Å²) < 4.78 is 16.6. The molecule has 1 aliphatic rings. The highest BCUT2D eigenvalue weighted by molar-refractivity contribution is 6.09. The number of rotatable bonds is 6. The van der Waals surface area contributed by atoms with Gasteiger partial charge in [-0.2, -0.15) is 0 Å². The molecule has 0 aromatic heterocycles. The van der Waals surface area contributed by atoms with Gasteiger partial charge in [0.05, 0.1) is 20.3 Å². The van der Waals surface area contributed by atoms with Crippen molar-refractivity contribution in [3.63, 3.8) is 0 Å². The van der Waals surface area contributed by atoms with Crippen molar-refractivity contribution < 1.29 is 19.0 Å². The van der Waals surface area contributed by atoms with Crippen molar-refractivity contribution in [3.05, 3.63) is 53.6 Å². The molecule has 0 radical (unpaired) electrons. The molecule has 0 unspecified atom stereocenters. The van der Waals surface area contributed by atoms with Gasteiger partial charge >= 0.3 is 0 Å². The molecule has 0 saturated heterocycles. The number of ketones is 1. The van der Waals surface area contributed by atoms with E-state index in [2.05, 4.69) is 0 Å². The van der Waals surface area contributed by atoms with Gasteiger partial charge in [-0.25, -0.2) is 0 Å². The van der Waals surface area contributed by atoms with Crippen LogP contribution >= 0.6 is 0 Å². The van der Waals surface area contributed by atoms with E-state index in [1.54, 1.807) is 44.6 Å². The molecule has 3 rings (SSSR count). The Morgan fingerprint density at radius 1 is 0.917 bits per heavy atom. The van der Waals surface area contributed by atoms with E-state index in [-0.39, 0.29) is 11.9 Å². The minimum absolute atomic E-state index is 0.0622. The molecule has 24 heavy (non-hydrogen) atoms. The van der Waals surface area contributed by atoms with Gasteiger partial charge in [-0.1, -0.05) is 12.1 Å². The van der Waals surface area contributed by atoms with Gasteiger partial charge in [-0.3, -0.25) is 4.79 Å². The second-order valence-corrected chi connectivity index (χ2v) is 5.95. The molecule has 0 heterocycles. The number of hydrogen-bond acceptors (Lipinski definition) is 4. The van der Waals surface area contributed by atoms with Gasteiger partial charge in [-0.05, 0) is 56.0 Å². The predicted molar refractivity (Wildman–Crippen MR) is 92.3 cm³/mol. The summed E-state index contributed by atoms with van der Waals surface area (Å²) in [4.78, 5) is 12.8. The van der Waals surface area contributed by atoms with E-state index in [9.17, 15) is 4.79 Å². The van der Waals surface area contributed by atoms with Gasteiger partial charge in [0.15, 0.2) is 17.3 Å². The summed E-state index contributed by atoms with van der Waals surface area (Å²) in [6, 6.07) is 12.5. The fourth-order valence-corrected chi connectivity index (χ4v) is 3.03. The lowest BCUT2D eigenvalue weighted by Crippen LogP contribution is -2.12. The number of hydrogen-bond donors (Lipinski definition) is 0. The summed E-state index contributed by atoms with van der Waals surface area (Å²) >= 11 is 0. The number of methoxy groups -OCH3 is 2. The SMILES string of the molecule is COc1cccc(C(=O)c2ccc(OC)c(OC3CCCC3)c2)c1. The highest BCUT2D eigenvalue weighted by Gasteiger charge is 2.20. The Kier molecular flexibility index (Phi) is 5.04. The fourth-order valence-electron chi connectivity index (χ4n) is 3.03. The first-order valence-corrected chi connectivity index (χ1v) is 8.24. The normalized spacial score (nSPS) is 14.4. The lowest BCUT2D eigenvalue weighted by Gasteiger charge is -2.16. The number of ether oxygens (including phenoxy) is 3. The molecule has 4 nitrogen and oxygen atoms in total. The molecule has 4 heteroatoms. The van der Waals surface area contributed by atoms with E-state index in [1.807, 2.05) is 12.1 Å². The third kappa shape index (κ3) is 3.53. The van der Waals surface area contributed by atoms with Gasteiger partial charge in [0.2, 0.25) is 0 Å². The molecule has 2 aromatic rings. The summed E-state index contributed by atoms with van der Waals surface area (Å²) in [6.45, 7) is 0. The van der Waals surface area contributed by atoms with Crippen molar-refractivity contribution in [1.82, 2.24) is 0 Å². The van der Waals surface area contributed by atoms with Crippen LogP contribution in [-0.4, -0.2) is 26.1 Å². The van der Waals surface area contributed by atoms with Crippen LogP contribution in [0.15, 0.2) is 42.5 Å². The second-order valence-electron chi connectivity index (χ2n) is 5.95. The summed E-state index contributed by atoms with van der Waals surface area (Å²) in [5.41, 5.74) is 1.17. The number of carbonyl (C=O) groups excluding carboxylic acids is 1. The summed E-state index contributed by atoms with van der Waals surface area (Å²) in [5.74, 6) is 1.90. The molecular weight excluding hydrogens is 304 g/mol. The van der Waals surface area contributed by atoms with Crippen LogP contribution in [0, 0.1) is 0 Å². The average molecular weight is 326 g/mol. The van der Waals surface area contributed by atoms with Crippen molar-refractivity contribution in [2.75, 3.05) is 14.2 Å². The Balaban J connectivity index is 1.88. The monoisotopic (exact) mass is 326 g/mol. The van der Waals surface area contributed by atoms with Crippen molar-refractivity contribution in [1.29, 1.82) is 0 Å². The van der Waals surface area contributed by atoms with E-state index in [4.69, 9.17) is 14.2 Å². The van der Waals surface area contributed by atoms with Crippen molar-refractivity contribution in [2.45, 2.75) is 31.8 Å². The number of carbonyl (C=O) groups is 1. The molecule has 0 N–H and O–H groups in total. The Morgan fingerprint density at radius 3 is 2.38 bits per heavy atom. The molecule has 0 bridgehead atoms. The first kappa shape index (κ1) is 16.4. The quantitative estimate of drug-likeness (QED) is 0.744. The van der Waals surface area contributed by atoms with E-state index in [1.165, 1.54) is 12.8 Å². The first-order valence-electron chi connectivity index (χ1n) is 8.24. The van der Waals surface area contributed by atoms with E-state index >= 15 is 0 Å². The van der Waals surface area contributed by atoms with Gasteiger partial charge in [0.25, 0.3) is 0 Å². The maximum atomic E-state index is 12.8. The highest BCUT2D eigenvalue weighted by atomic mass is 16.5. The van der Waals surface area contributed by atoms with Crippen LogP contribution in [0.1, 0.15) is 41.6 Å². The third-order valence-electron chi connectivity index (χ3n) is 4.35. The molecule has 0 atom stereocenters. The van der Waals surface area contributed by atoms with Crippen LogP contribution in [0.3, 0.4) is 0 Å². The summed E-state index contributed by atoms with van der Waals surface area (Å²) in [6.07, 6.45) is 4.69. The lowest BCUT2D eigenvalue weighted by atomic mass is 10.0. The van der Waals surface area contributed by atoms with Crippen LogP contribution in [0.4, 0.5) is 0 Å². The molecular formula is C20H22O4. The predicted octanol–water partition coefficient (Wildman–Crippen LogP) is 4.26. The standard InChI is InChI=1S/C20H22O4/c1-22-17-9-5-6-14(12-17)20(21)15-10-11-18(23-2)19(13-15)24-16-7-3-4-8-16/h5-6,9-13,16H,3-4,7-8H2,1-2H3. The topological polar surface area (TPSA) is 44.8 Å². The van der Waals surface area contributed by atoms with Crippen molar-refractivity contribution in [2.24, 2.45) is 0 Å². The maximum absolute atomic E-state index is 12.8. The van der Waals surface area contributed by atoms with Crippen LogP contribution < -0.4 is 14.2 Å².